The van der Waals surface area contributed by atoms with Crippen molar-refractivity contribution in [2.75, 3.05) is 0 Å². The molecule has 120 valence electrons. The summed E-state index contributed by atoms with van der Waals surface area (Å²) in [5.74, 6) is 1.40. The predicted octanol–water partition coefficient (Wildman–Crippen LogP) is 6.08. The minimum absolute atomic E-state index is 0.195. The van der Waals surface area contributed by atoms with Crippen LogP contribution < -0.4 is 0 Å². The van der Waals surface area contributed by atoms with E-state index in [0.29, 0.717) is 5.92 Å². The van der Waals surface area contributed by atoms with Gasteiger partial charge in [0.25, 0.3) is 0 Å². The Labute approximate surface area is 134 Å². The summed E-state index contributed by atoms with van der Waals surface area (Å²) < 4.78 is 0. The first-order valence-electron chi connectivity index (χ1n) is 8.70. The molecule has 1 unspecified atom stereocenters. The first-order chi connectivity index (χ1) is 9.91. The molecule has 0 radical (unpaired) electrons. The Hall–Kier alpha value is -0.340. The molecule has 0 amide bonds. The Morgan fingerprint density at radius 1 is 1.19 bits per heavy atom. The molecule has 1 fully saturated rings. The standard InChI is InChI=1S/C19H32OS/c1-5-6-7-14-8-10-15(11-9-14)18(20)16-12-13-17(21-16)19(2,3)4/h12-15,18,20H,5-11H2,1-4H3. The van der Waals surface area contributed by atoms with E-state index in [1.165, 1.54) is 54.7 Å². The van der Waals surface area contributed by atoms with E-state index in [1.807, 2.05) is 0 Å². The van der Waals surface area contributed by atoms with Gasteiger partial charge in [-0.15, -0.1) is 11.3 Å². The van der Waals surface area contributed by atoms with Crippen molar-refractivity contribution < 1.29 is 5.11 Å². The van der Waals surface area contributed by atoms with Crippen molar-refractivity contribution in [3.8, 4) is 0 Å². The van der Waals surface area contributed by atoms with Crippen LogP contribution in [0.2, 0.25) is 0 Å². The molecule has 1 aliphatic carbocycles. The molecule has 1 heterocycles. The molecule has 2 heteroatoms. The molecule has 1 aliphatic rings. The Morgan fingerprint density at radius 2 is 1.86 bits per heavy atom. The quantitative estimate of drug-likeness (QED) is 0.699. The van der Waals surface area contributed by atoms with Crippen molar-refractivity contribution in [3.05, 3.63) is 21.9 Å². The lowest BCUT2D eigenvalue weighted by Gasteiger charge is -2.31. The monoisotopic (exact) mass is 308 g/mol. The lowest BCUT2D eigenvalue weighted by molar-refractivity contribution is 0.0748. The molecule has 1 aromatic heterocycles. The van der Waals surface area contributed by atoms with Crippen molar-refractivity contribution in [1.82, 2.24) is 0 Å². The summed E-state index contributed by atoms with van der Waals surface area (Å²) >= 11 is 1.81. The van der Waals surface area contributed by atoms with Crippen LogP contribution in [0.1, 0.15) is 88.5 Å². The first kappa shape index (κ1) is 17.0. The molecule has 0 aromatic carbocycles. The maximum atomic E-state index is 10.7. The molecule has 2 rings (SSSR count). The van der Waals surface area contributed by atoms with Crippen LogP contribution >= 0.6 is 11.3 Å². The van der Waals surface area contributed by atoms with Crippen molar-refractivity contribution in [3.63, 3.8) is 0 Å². The molecule has 0 saturated heterocycles. The van der Waals surface area contributed by atoms with Crippen molar-refractivity contribution in [2.45, 2.75) is 84.2 Å². The van der Waals surface area contributed by atoms with Gasteiger partial charge < -0.3 is 5.11 Å². The Bertz CT molecular complexity index is 421. The second kappa shape index (κ2) is 7.28. The lowest BCUT2D eigenvalue weighted by Crippen LogP contribution is -2.20. The van der Waals surface area contributed by atoms with Gasteiger partial charge in [-0.05, 0) is 42.2 Å². The van der Waals surface area contributed by atoms with Crippen LogP contribution in [0.4, 0.5) is 0 Å². The number of rotatable bonds is 5. The zero-order valence-corrected chi connectivity index (χ0v) is 15.0. The molecule has 0 aliphatic heterocycles. The molecular weight excluding hydrogens is 276 g/mol. The minimum Gasteiger partial charge on any atom is -0.387 e. The summed E-state index contributed by atoms with van der Waals surface area (Å²) in [4.78, 5) is 2.56. The van der Waals surface area contributed by atoms with Gasteiger partial charge in [0.1, 0.15) is 0 Å². The van der Waals surface area contributed by atoms with Crippen LogP contribution in [-0.2, 0) is 5.41 Å². The highest BCUT2D eigenvalue weighted by Crippen LogP contribution is 2.41. The van der Waals surface area contributed by atoms with E-state index < -0.39 is 0 Å². The summed E-state index contributed by atoms with van der Waals surface area (Å²) in [6.45, 7) is 9.01. The first-order valence-corrected chi connectivity index (χ1v) is 9.51. The van der Waals surface area contributed by atoms with Crippen LogP contribution in [0.5, 0.6) is 0 Å². The Morgan fingerprint density at radius 3 is 2.38 bits per heavy atom. The number of hydrogen-bond donors (Lipinski definition) is 1. The van der Waals surface area contributed by atoms with E-state index in [1.54, 1.807) is 11.3 Å². The van der Waals surface area contributed by atoms with E-state index in [0.717, 1.165) is 5.92 Å². The van der Waals surface area contributed by atoms with Gasteiger partial charge in [-0.3, -0.25) is 0 Å². The van der Waals surface area contributed by atoms with Gasteiger partial charge in [0.15, 0.2) is 0 Å². The van der Waals surface area contributed by atoms with E-state index in [9.17, 15) is 5.11 Å². The second-order valence-electron chi connectivity index (χ2n) is 7.82. The van der Waals surface area contributed by atoms with E-state index in [2.05, 4.69) is 39.8 Å². The van der Waals surface area contributed by atoms with Gasteiger partial charge >= 0.3 is 0 Å². The third kappa shape index (κ3) is 4.56. The molecular formula is C19H32OS. The zero-order valence-electron chi connectivity index (χ0n) is 14.2. The lowest BCUT2D eigenvalue weighted by atomic mass is 9.77. The van der Waals surface area contributed by atoms with Crippen molar-refractivity contribution in [2.24, 2.45) is 11.8 Å². The number of aliphatic hydroxyl groups excluding tert-OH is 1. The fraction of sp³-hybridized carbons (Fsp3) is 0.789. The maximum absolute atomic E-state index is 10.7. The predicted molar refractivity (Wildman–Crippen MR) is 93.0 cm³/mol. The minimum atomic E-state index is -0.238. The molecule has 1 nitrogen and oxygen atoms in total. The van der Waals surface area contributed by atoms with Crippen molar-refractivity contribution in [1.29, 1.82) is 0 Å². The van der Waals surface area contributed by atoms with Gasteiger partial charge in [0.2, 0.25) is 0 Å². The number of aliphatic hydroxyl groups is 1. The number of thiophene rings is 1. The topological polar surface area (TPSA) is 20.2 Å². The van der Waals surface area contributed by atoms with Crippen LogP contribution in [0.15, 0.2) is 12.1 Å². The summed E-state index contributed by atoms with van der Waals surface area (Å²) in [5.41, 5.74) is 0.195. The van der Waals surface area contributed by atoms with Gasteiger partial charge in [-0.25, -0.2) is 0 Å². The third-order valence-electron chi connectivity index (χ3n) is 4.96. The zero-order chi connectivity index (χ0) is 15.5. The Kier molecular flexibility index (Phi) is 5.90. The SMILES string of the molecule is CCCCC1CCC(C(O)c2ccc(C(C)(C)C)s2)CC1. The fourth-order valence-electron chi connectivity index (χ4n) is 3.43. The maximum Gasteiger partial charge on any atom is 0.0910 e. The highest BCUT2D eigenvalue weighted by atomic mass is 32.1. The van der Waals surface area contributed by atoms with Crippen LogP contribution in [0.3, 0.4) is 0 Å². The summed E-state index contributed by atoms with van der Waals surface area (Å²) in [6, 6.07) is 4.36. The van der Waals surface area contributed by atoms with Gasteiger partial charge in [0, 0.05) is 9.75 Å². The number of unbranched alkanes of at least 4 members (excludes halogenated alkanes) is 1. The molecule has 1 saturated carbocycles. The molecule has 21 heavy (non-hydrogen) atoms. The summed E-state index contributed by atoms with van der Waals surface area (Å²) in [7, 11) is 0. The largest absolute Gasteiger partial charge is 0.387 e. The average molecular weight is 309 g/mol. The fourth-order valence-corrected chi connectivity index (χ4v) is 4.58. The van der Waals surface area contributed by atoms with E-state index in [4.69, 9.17) is 0 Å². The molecule has 0 bridgehead atoms. The summed E-state index contributed by atoms with van der Waals surface area (Å²) in [6.07, 6.45) is 8.89. The van der Waals surface area contributed by atoms with E-state index in [-0.39, 0.29) is 11.5 Å². The number of hydrogen-bond acceptors (Lipinski definition) is 2. The highest BCUT2D eigenvalue weighted by molar-refractivity contribution is 7.12. The van der Waals surface area contributed by atoms with Crippen LogP contribution in [0, 0.1) is 11.8 Å². The average Bonchev–Trinajstić information content (AvgIpc) is 2.95. The normalized spacial score (nSPS) is 25.0. The Balaban J connectivity index is 1.90. The van der Waals surface area contributed by atoms with Crippen LogP contribution in [-0.4, -0.2) is 5.11 Å². The molecule has 1 N–H and O–H groups in total. The van der Waals surface area contributed by atoms with Crippen molar-refractivity contribution >= 4 is 11.3 Å². The van der Waals surface area contributed by atoms with E-state index >= 15 is 0 Å². The van der Waals surface area contributed by atoms with Gasteiger partial charge in [-0.1, -0.05) is 59.8 Å². The molecule has 0 spiro atoms. The second-order valence-corrected chi connectivity index (χ2v) is 8.94. The molecule has 1 aromatic rings. The van der Waals surface area contributed by atoms with Crippen LogP contribution in [0.25, 0.3) is 0 Å². The highest BCUT2D eigenvalue weighted by Gasteiger charge is 2.28. The van der Waals surface area contributed by atoms with Gasteiger partial charge in [-0.2, -0.15) is 0 Å². The molecule has 1 atom stereocenters. The third-order valence-corrected chi connectivity index (χ3v) is 6.54. The van der Waals surface area contributed by atoms with Gasteiger partial charge in [0.05, 0.1) is 6.10 Å². The summed E-state index contributed by atoms with van der Waals surface area (Å²) in [5, 5.41) is 10.7. The smallest absolute Gasteiger partial charge is 0.0910 e.